The van der Waals surface area contributed by atoms with Crippen molar-refractivity contribution < 1.29 is 29.9 Å². The molecule has 2 heterocycles. The standard InChI is InChI=1S/C6H10O6/c7-2-1-11-4-3(2)12-5(8)6(4,9)10/h2-5,7-10H,1H2/t2-,3-,4+,5?/m1/s1. The summed E-state index contributed by atoms with van der Waals surface area (Å²) >= 11 is 0. The van der Waals surface area contributed by atoms with E-state index in [1.54, 1.807) is 0 Å². The monoisotopic (exact) mass is 178 g/mol. The van der Waals surface area contributed by atoms with Crippen LogP contribution in [0.3, 0.4) is 0 Å². The average Bonchev–Trinajstić information content (AvgIpc) is 2.41. The van der Waals surface area contributed by atoms with Gasteiger partial charge in [-0.3, -0.25) is 0 Å². The van der Waals surface area contributed by atoms with Crippen LogP contribution in [0.25, 0.3) is 0 Å². The van der Waals surface area contributed by atoms with Crippen molar-refractivity contribution in [2.45, 2.75) is 30.4 Å². The lowest BCUT2D eigenvalue weighted by Gasteiger charge is -2.22. The van der Waals surface area contributed by atoms with Gasteiger partial charge in [-0.2, -0.15) is 0 Å². The highest BCUT2D eigenvalue weighted by Crippen LogP contribution is 2.35. The van der Waals surface area contributed by atoms with E-state index < -0.39 is 30.4 Å². The highest BCUT2D eigenvalue weighted by molar-refractivity contribution is 4.99. The topological polar surface area (TPSA) is 99.4 Å². The molecule has 0 spiro atoms. The molecule has 2 saturated heterocycles. The molecule has 0 bridgehead atoms. The molecule has 6 nitrogen and oxygen atoms in total. The summed E-state index contributed by atoms with van der Waals surface area (Å²) in [6.45, 7) is -0.00900. The maximum absolute atomic E-state index is 9.20. The van der Waals surface area contributed by atoms with Crippen molar-refractivity contribution >= 4 is 0 Å². The highest BCUT2D eigenvalue weighted by atomic mass is 16.7. The second-order valence-corrected chi connectivity index (χ2v) is 3.06. The Hall–Kier alpha value is -0.240. The molecule has 4 atom stereocenters. The van der Waals surface area contributed by atoms with Gasteiger partial charge < -0.3 is 29.9 Å². The third kappa shape index (κ3) is 0.905. The van der Waals surface area contributed by atoms with Crippen molar-refractivity contribution in [2.24, 2.45) is 0 Å². The van der Waals surface area contributed by atoms with Gasteiger partial charge in [0.15, 0.2) is 0 Å². The first-order chi connectivity index (χ1) is 5.53. The second-order valence-electron chi connectivity index (χ2n) is 3.06. The Kier molecular flexibility index (Phi) is 1.66. The van der Waals surface area contributed by atoms with Gasteiger partial charge in [0.2, 0.25) is 12.1 Å². The van der Waals surface area contributed by atoms with Gasteiger partial charge in [-0.1, -0.05) is 0 Å². The fraction of sp³-hybridized carbons (Fsp3) is 1.00. The molecule has 4 N–H and O–H groups in total. The van der Waals surface area contributed by atoms with Gasteiger partial charge in [0.05, 0.1) is 6.61 Å². The number of ether oxygens (including phenoxy) is 2. The van der Waals surface area contributed by atoms with Crippen LogP contribution in [0.2, 0.25) is 0 Å². The summed E-state index contributed by atoms with van der Waals surface area (Å²) in [6.07, 6.45) is -4.55. The van der Waals surface area contributed by atoms with Crippen LogP contribution in [-0.2, 0) is 9.47 Å². The molecule has 2 fully saturated rings. The van der Waals surface area contributed by atoms with Crippen LogP contribution in [0, 0.1) is 0 Å². The summed E-state index contributed by atoms with van der Waals surface area (Å²) in [5, 5.41) is 36.5. The van der Waals surface area contributed by atoms with Crippen LogP contribution in [0.1, 0.15) is 0 Å². The average molecular weight is 178 g/mol. The van der Waals surface area contributed by atoms with Gasteiger partial charge in [0.1, 0.15) is 18.3 Å². The third-order valence-electron chi connectivity index (χ3n) is 2.19. The number of aliphatic hydroxyl groups excluding tert-OH is 2. The first-order valence-corrected chi connectivity index (χ1v) is 3.61. The van der Waals surface area contributed by atoms with Crippen LogP contribution in [0.4, 0.5) is 0 Å². The lowest BCUT2D eigenvalue weighted by Crippen LogP contribution is -2.47. The van der Waals surface area contributed by atoms with E-state index in [4.69, 9.17) is 19.7 Å². The molecule has 0 aromatic carbocycles. The Bertz CT molecular complexity index is 192. The third-order valence-corrected chi connectivity index (χ3v) is 2.19. The lowest BCUT2D eigenvalue weighted by molar-refractivity contribution is -0.290. The van der Waals surface area contributed by atoms with Crippen molar-refractivity contribution in [1.29, 1.82) is 0 Å². The Labute approximate surface area is 68.0 Å². The highest BCUT2D eigenvalue weighted by Gasteiger charge is 2.60. The predicted octanol–water partition coefficient (Wildman–Crippen LogP) is -2.86. The molecule has 2 aliphatic heterocycles. The summed E-state index contributed by atoms with van der Waals surface area (Å²) in [7, 11) is 0. The minimum Gasteiger partial charge on any atom is -0.388 e. The quantitative estimate of drug-likeness (QED) is 0.298. The van der Waals surface area contributed by atoms with Crippen LogP contribution in [0.5, 0.6) is 0 Å². The molecule has 1 unspecified atom stereocenters. The van der Waals surface area contributed by atoms with Crippen molar-refractivity contribution in [3.8, 4) is 0 Å². The summed E-state index contributed by atoms with van der Waals surface area (Å²) < 4.78 is 9.53. The smallest absolute Gasteiger partial charge is 0.245 e. The second kappa shape index (κ2) is 2.38. The SMILES string of the molecule is OC1O[C@@H]2[C@H](O)CO[C@@H]2C1(O)O. The minimum atomic E-state index is -2.41. The zero-order chi connectivity index (χ0) is 8.93. The van der Waals surface area contributed by atoms with E-state index in [1.165, 1.54) is 0 Å². The van der Waals surface area contributed by atoms with E-state index in [-0.39, 0.29) is 6.61 Å². The lowest BCUT2D eigenvalue weighted by atomic mass is 10.1. The van der Waals surface area contributed by atoms with Gasteiger partial charge in [-0.05, 0) is 0 Å². The maximum atomic E-state index is 9.20. The Balaban J connectivity index is 2.22. The van der Waals surface area contributed by atoms with E-state index in [9.17, 15) is 10.2 Å². The molecule has 0 amide bonds. The summed E-state index contributed by atoms with van der Waals surface area (Å²) in [5.74, 6) is -2.41. The zero-order valence-electron chi connectivity index (χ0n) is 6.12. The van der Waals surface area contributed by atoms with Crippen LogP contribution >= 0.6 is 0 Å². The van der Waals surface area contributed by atoms with Gasteiger partial charge in [-0.15, -0.1) is 0 Å². The van der Waals surface area contributed by atoms with Crippen molar-refractivity contribution in [2.75, 3.05) is 6.61 Å². The van der Waals surface area contributed by atoms with E-state index in [1.807, 2.05) is 0 Å². The fourth-order valence-electron chi connectivity index (χ4n) is 1.51. The number of hydrogen-bond acceptors (Lipinski definition) is 6. The van der Waals surface area contributed by atoms with Crippen LogP contribution in [0.15, 0.2) is 0 Å². The molecule has 0 aliphatic carbocycles. The molecular formula is C6H10O6. The summed E-state index contributed by atoms with van der Waals surface area (Å²) in [4.78, 5) is 0. The molecule has 2 rings (SSSR count). The molecule has 6 heteroatoms. The van der Waals surface area contributed by atoms with Crippen molar-refractivity contribution in [3.63, 3.8) is 0 Å². The molecule has 70 valence electrons. The van der Waals surface area contributed by atoms with Gasteiger partial charge in [0.25, 0.3) is 0 Å². The molecule has 0 radical (unpaired) electrons. The summed E-state index contributed by atoms with van der Waals surface area (Å²) in [6, 6.07) is 0. The van der Waals surface area contributed by atoms with Crippen LogP contribution < -0.4 is 0 Å². The minimum absolute atomic E-state index is 0.00900. The van der Waals surface area contributed by atoms with E-state index in [2.05, 4.69) is 0 Å². The van der Waals surface area contributed by atoms with E-state index in [0.29, 0.717) is 0 Å². The Morgan fingerprint density at radius 2 is 1.92 bits per heavy atom. The number of aliphatic hydroxyl groups is 4. The first kappa shape index (κ1) is 8.36. The van der Waals surface area contributed by atoms with Gasteiger partial charge in [-0.25, -0.2) is 0 Å². The molecular weight excluding hydrogens is 168 g/mol. The summed E-state index contributed by atoms with van der Waals surface area (Å²) in [5.41, 5.74) is 0. The Morgan fingerprint density at radius 3 is 2.50 bits per heavy atom. The van der Waals surface area contributed by atoms with Crippen molar-refractivity contribution in [3.05, 3.63) is 0 Å². The molecule has 2 aliphatic rings. The first-order valence-electron chi connectivity index (χ1n) is 3.61. The number of hydrogen-bond donors (Lipinski definition) is 4. The molecule has 0 aromatic heterocycles. The number of rotatable bonds is 0. The largest absolute Gasteiger partial charge is 0.388 e. The van der Waals surface area contributed by atoms with Gasteiger partial charge >= 0.3 is 0 Å². The van der Waals surface area contributed by atoms with Crippen LogP contribution in [-0.4, -0.2) is 57.4 Å². The number of fused-ring (bicyclic) bond motifs is 1. The van der Waals surface area contributed by atoms with E-state index >= 15 is 0 Å². The Morgan fingerprint density at radius 1 is 1.25 bits per heavy atom. The van der Waals surface area contributed by atoms with Gasteiger partial charge in [0, 0.05) is 0 Å². The zero-order valence-corrected chi connectivity index (χ0v) is 6.12. The normalized spacial score (nSPS) is 51.0. The molecule has 0 saturated carbocycles. The van der Waals surface area contributed by atoms with E-state index in [0.717, 1.165) is 0 Å². The molecule has 0 aromatic rings. The van der Waals surface area contributed by atoms with Crippen molar-refractivity contribution in [1.82, 2.24) is 0 Å². The fourth-order valence-corrected chi connectivity index (χ4v) is 1.51. The predicted molar refractivity (Wildman–Crippen MR) is 33.8 cm³/mol. The maximum Gasteiger partial charge on any atom is 0.245 e. The molecule has 12 heavy (non-hydrogen) atoms.